The summed E-state index contributed by atoms with van der Waals surface area (Å²) in [6.45, 7) is 0. The Morgan fingerprint density at radius 2 is 2.04 bits per heavy atom. The van der Waals surface area contributed by atoms with E-state index in [1.807, 2.05) is 24.3 Å². The third-order valence-corrected chi connectivity index (χ3v) is 3.98. The second-order valence-electron chi connectivity index (χ2n) is 4.34. The van der Waals surface area contributed by atoms with E-state index in [4.69, 9.17) is 16.0 Å². The molecule has 0 atom stereocenters. The summed E-state index contributed by atoms with van der Waals surface area (Å²) >= 11 is 7.28. The van der Waals surface area contributed by atoms with Gasteiger partial charge >= 0.3 is 5.88 Å². The van der Waals surface area contributed by atoms with Gasteiger partial charge in [-0.25, -0.2) is 4.98 Å². The number of nitrogens with zero attached hydrogens (tertiary/aromatic N) is 3. The molecule has 1 N–H and O–H groups in total. The standard InChI is InChI=1S/C14H9ClN4O3S.BrH/c15-10-3-1-9(2-4-10)12-8-16-14(23-12)18-17-7-11-5-6-13(22-11)19(20)21;/h1-8H,(H,16,18);1H/b17-7+;. The number of hydrazone groups is 1. The summed E-state index contributed by atoms with van der Waals surface area (Å²) in [5.74, 6) is -0.0515. The largest absolute Gasteiger partial charge is 0.433 e. The van der Waals surface area contributed by atoms with Gasteiger partial charge in [-0.1, -0.05) is 35.1 Å². The number of hydrogen-bond donors (Lipinski definition) is 1. The van der Waals surface area contributed by atoms with Crippen molar-refractivity contribution in [3.05, 3.63) is 63.5 Å². The van der Waals surface area contributed by atoms with E-state index in [1.54, 1.807) is 6.20 Å². The van der Waals surface area contributed by atoms with Crippen LogP contribution in [0.1, 0.15) is 5.76 Å². The number of nitrogens with one attached hydrogen (secondary N) is 1. The first kappa shape index (κ1) is 18.1. The number of thiazole rings is 1. The van der Waals surface area contributed by atoms with Gasteiger partial charge in [0.25, 0.3) is 0 Å². The maximum absolute atomic E-state index is 10.5. The normalized spacial score (nSPS) is 10.5. The number of aromatic nitrogens is 1. The van der Waals surface area contributed by atoms with Gasteiger partial charge in [-0.15, -0.1) is 17.0 Å². The first-order valence-electron chi connectivity index (χ1n) is 6.37. The first-order chi connectivity index (χ1) is 11.1. The molecule has 3 aromatic rings. The van der Waals surface area contributed by atoms with Gasteiger partial charge in [0.05, 0.1) is 17.2 Å². The third kappa shape index (κ3) is 4.40. The van der Waals surface area contributed by atoms with Crippen LogP contribution >= 0.6 is 39.9 Å². The molecule has 0 fully saturated rings. The number of furan rings is 1. The summed E-state index contributed by atoms with van der Waals surface area (Å²) in [7, 11) is 0. The van der Waals surface area contributed by atoms with Gasteiger partial charge in [0, 0.05) is 11.2 Å². The fourth-order valence-corrected chi connectivity index (χ4v) is 2.63. The summed E-state index contributed by atoms with van der Waals surface area (Å²) in [4.78, 5) is 15.1. The average Bonchev–Trinajstić information content (AvgIpc) is 3.18. The Bertz CT molecular complexity index is 863. The van der Waals surface area contributed by atoms with Crippen LogP contribution in [-0.4, -0.2) is 16.1 Å². The van der Waals surface area contributed by atoms with Gasteiger partial charge in [0.15, 0.2) is 5.76 Å². The molecule has 2 heterocycles. The van der Waals surface area contributed by atoms with Crippen LogP contribution in [0.5, 0.6) is 0 Å². The van der Waals surface area contributed by atoms with Gasteiger partial charge < -0.3 is 4.42 Å². The lowest BCUT2D eigenvalue weighted by Crippen LogP contribution is -1.88. The Hall–Kier alpha value is -2.23. The Morgan fingerprint density at radius 3 is 2.71 bits per heavy atom. The van der Waals surface area contributed by atoms with Crippen molar-refractivity contribution in [2.45, 2.75) is 0 Å². The summed E-state index contributed by atoms with van der Waals surface area (Å²) < 4.78 is 4.95. The molecule has 0 aliphatic heterocycles. The Kier molecular flexibility index (Phi) is 6.07. The van der Waals surface area contributed by atoms with Crippen LogP contribution in [0.2, 0.25) is 5.02 Å². The SMILES string of the molecule is Br.O=[N+]([O-])c1ccc(/C=N/Nc2ncc(-c3ccc(Cl)cc3)s2)o1. The van der Waals surface area contributed by atoms with E-state index in [-0.39, 0.29) is 28.6 Å². The highest BCUT2D eigenvalue weighted by molar-refractivity contribution is 8.93. The number of halogens is 2. The molecule has 0 bridgehead atoms. The molecule has 1 aromatic carbocycles. The van der Waals surface area contributed by atoms with Crippen LogP contribution in [0, 0.1) is 10.1 Å². The zero-order chi connectivity index (χ0) is 16.2. The Balaban J connectivity index is 0.00000208. The molecule has 10 heteroatoms. The number of hydrogen-bond acceptors (Lipinski definition) is 7. The molecule has 24 heavy (non-hydrogen) atoms. The lowest BCUT2D eigenvalue weighted by molar-refractivity contribution is -0.402. The van der Waals surface area contributed by atoms with Crippen molar-refractivity contribution in [3.63, 3.8) is 0 Å². The zero-order valence-electron chi connectivity index (χ0n) is 11.9. The smallest absolute Gasteiger partial charge is 0.400 e. The van der Waals surface area contributed by atoms with Crippen molar-refractivity contribution in [2.75, 3.05) is 5.43 Å². The molecule has 0 aliphatic rings. The quantitative estimate of drug-likeness (QED) is 0.350. The van der Waals surface area contributed by atoms with Crippen LogP contribution in [0.25, 0.3) is 10.4 Å². The molecule has 2 aromatic heterocycles. The number of anilines is 1. The molecule has 0 saturated carbocycles. The lowest BCUT2D eigenvalue weighted by atomic mass is 10.2. The van der Waals surface area contributed by atoms with E-state index in [9.17, 15) is 10.1 Å². The topological polar surface area (TPSA) is 93.6 Å². The van der Waals surface area contributed by atoms with Gasteiger partial charge in [-0.05, 0) is 23.8 Å². The minimum absolute atomic E-state index is 0. The minimum Gasteiger partial charge on any atom is -0.400 e. The molecular formula is C14H10BrClN4O3S. The molecule has 0 spiro atoms. The van der Waals surface area contributed by atoms with Crippen LogP contribution in [-0.2, 0) is 0 Å². The minimum atomic E-state index is -0.607. The molecule has 7 nitrogen and oxygen atoms in total. The Morgan fingerprint density at radius 1 is 1.29 bits per heavy atom. The number of nitro groups is 1. The highest BCUT2D eigenvalue weighted by atomic mass is 79.9. The average molecular weight is 430 g/mol. The highest BCUT2D eigenvalue weighted by Crippen LogP contribution is 2.29. The first-order valence-corrected chi connectivity index (χ1v) is 7.56. The van der Waals surface area contributed by atoms with E-state index in [2.05, 4.69) is 15.5 Å². The van der Waals surface area contributed by atoms with Crippen molar-refractivity contribution < 1.29 is 9.34 Å². The second kappa shape index (κ2) is 8.04. The van der Waals surface area contributed by atoms with E-state index in [0.717, 1.165) is 10.4 Å². The van der Waals surface area contributed by atoms with Gasteiger partial charge in [-0.3, -0.25) is 15.5 Å². The van der Waals surface area contributed by atoms with Crippen molar-refractivity contribution in [2.24, 2.45) is 5.10 Å². The Labute approximate surface area is 155 Å². The maximum atomic E-state index is 10.5. The van der Waals surface area contributed by atoms with Crippen molar-refractivity contribution in [1.82, 2.24) is 4.98 Å². The van der Waals surface area contributed by atoms with Crippen LogP contribution in [0.15, 0.2) is 52.1 Å². The van der Waals surface area contributed by atoms with E-state index in [1.165, 1.54) is 29.7 Å². The number of rotatable bonds is 5. The highest BCUT2D eigenvalue weighted by Gasteiger charge is 2.10. The molecular weight excluding hydrogens is 420 g/mol. The van der Waals surface area contributed by atoms with Crippen molar-refractivity contribution in [1.29, 1.82) is 0 Å². The van der Waals surface area contributed by atoms with Gasteiger partial charge in [0.1, 0.15) is 4.92 Å². The van der Waals surface area contributed by atoms with Crippen LogP contribution in [0.3, 0.4) is 0 Å². The van der Waals surface area contributed by atoms with Gasteiger partial charge in [-0.2, -0.15) is 5.10 Å². The molecule has 0 amide bonds. The molecule has 0 saturated heterocycles. The maximum Gasteiger partial charge on any atom is 0.433 e. The lowest BCUT2D eigenvalue weighted by Gasteiger charge is -1.95. The number of benzene rings is 1. The molecule has 0 radical (unpaired) electrons. The zero-order valence-corrected chi connectivity index (χ0v) is 15.2. The fraction of sp³-hybridized carbons (Fsp3) is 0. The summed E-state index contributed by atoms with van der Waals surface area (Å²) in [5, 5.41) is 15.7. The van der Waals surface area contributed by atoms with Crippen molar-refractivity contribution in [3.8, 4) is 10.4 Å². The molecule has 124 valence electrons. The summed E-state index contributed by atoms with van der Waals surface area (Å²) in [6, 6.07) is 10.2. The molecule has 3 rings (SSSR count). The van der Waals surface area contributed by atoms with E-state index in [0.29, 0.717) is 10.2 Å². The van der Waals surface area contributed by atoms with E-state index < -0.39 is 4.92 Å². The molecule has 0 unspecified atom stereocenters. The van der Waals surface area contributed by atoms with Gasteiger partial charge in [0.2, 0.25) is 5.13 Å². The monoisotopic (exact) mass is 428 g/mol. The van der Waals surface area contributed by atoms with Crippen LogP contribution in [0.4, 0.5) is 11.0 Å². The van der Waals surface area contributed by atoms with E-state index >= 15 is 0 Å². The fourth-order valence-electron chi connectivity index (χ4n) is 1.73. The second-order valence-corrected chi connectivity index (χ2v) is 5.81. The molecule has 0 aliphatic carbocycles. The summed E-state index contributed by atoms with van der Waals surface area (Å²) in [6.07, 6.45) is 3.07. The summed E-state index contributed by atoms with van der Waals surface area (Å²) in [5.41, 5.74) is 3.76. The van der Waals surface area contributed by atoms with Crippen molar-refractivity contribution >= 4 is 57.1 Å². The predicted molar refractivity (Wildman–Crippen MR) is 99.5 cm³/mol. The predicted octanol–water partition coefficient (Wildman–Crippen LogP) is 4.99. The van der Waals surface area contributed by atoms with Crippen LogP contribution < -0.4 is 5.43 Å². The third-order valence-electron chi connectivity index (χ3n) is 2.78.